The monoisotopic (exact) mass is 170 g/mol. The van der Waals surface area contributed by atoms with Crippen molar-refractivity contribution in [3.63, 3.8) is 0 Å². The molecule has 2 atom stereocenters. The summed E-state index contributed by atoms with van der Waals surface area (Å²) in [6.45, 7) is 7.07. The highest BCUT2D eigenvalue weighted by atomic mass is 16.3. The molecule has 12 heavy (non-hydrogen) atoms. The second-order valence-corrected chi connectivity index (χ2v) is 3.10. The number of hydrogen-bond acceptors (Lipinski definition) is 2. The third-order valence-electron chi connectivity index (χ3n) is 2.15. The molecule has 0 aromatic heterocycles. The maximum atomic E-state index is 11.0. The molecule has 0 fully saturated rings. The SMILES string of the molecule is C=CC(O)CCC(CC)C(C)=O. The molecule has 70 valence electrons. The van der Waals surface area contributed by atoms with Gasteiger partial charge in [0.1, 0.15) is 5.78 Å². The van der Waals surface area contributed by atoms with Crippen molar-refractivity contribution in [2.75, 3.05) is 0 Å². The van der Waals surface area contributed by atoms with Crippen LogP contribution in [-0.2, 0) is 4.79 Å². The fraction of sp³-hybridized carbons (Fsp3) is 0.700. The molecule has 0 amide bonds. The molecule has 0 aromatic carbocycles. The Balaban J connectivity index is 3.72. The molecule has 0 aliphatic heterocycles. The van der Waals surface area contributed by atoms with Crippen molar-refractivity contribution in [2.45, 2.75) is 39.2 Å². The van der Waals surface area contributed by atoms with Crippen LogP contribution in [0.3, 0.4) is 0 Å². The van der Waals surface area contributed by atoms with Crippen LogP contribution in [0, 0.1) is 5.92 Å². The highest BCUT2D eigenvalue weighted by Gasteiger charge is 2.12. The number of hydrogen-bond donors (Lipinski definition) is 1. The third-order valence-corrected chi connectivity index (χ3v) is 2.15. The average molecular weight is 170 g/mol. The summed E-state index contributed by atoms with van der Waals surface area (Å²) in [4.78, 5) is 11.0. The van der Waals surface area contributed by atoms with Gasteiger partial charge < -0.3 is 5.11 Å². The maximum Gasteiger partial charge on any atom is 0.132 e. The predicted octanol–water partition coefficient (Wildman–Crippen LogP) is 1.93. The average Bonchev–Trinajstić information content (AvgIpc) is 2.04. The van der Waals surface area contributed by atoms with Crippen molar-refractivity contribution in [1.29, 1.82) is 0 Å². The van der Waals surface area contributed by atoms with Crippen molar-refractivity contribution < 1.29 is 9.90 Å². The van der Waals surface area contributed by atoms with Gasteiger partial charge in [-0.05, 0) is 26.2 Å². The molecule has 0 spiro atoms. The van der Waals surface area contributed by atoms with E-state index >= 15 is 0 Å². The van der Waals surface area contributed by atoms with E-state index in [1.807, 2.05) is 6.92 Å². The molecule has 0 aliphatic carbocycles. The van der Waals surface area contributed by atoms with Crippen LogP contribution in [0.4, 0.5) is 0 Å². The van der Waals surface area contributed by atoms with Gasteiger partial charge in [0.2, 0.25) is 0 Å². The van der Waals surface area contributed by atoms with Crippen LogP contribution < -0.4 is 0 Å². The van der Waals surface area contributed by atoms with E-state index in [1.54, 1.807) is 6.92 Å². The van der Waals surface area contributed by atoms with Gasteiger partial charge in [0.05, 0.1) is 6.10 Å². The van der Waals surface area contributed by atoms with Crippen LogP contribution in [0.5, 0.6) is 0 Å². The molecule has 0 aliphatic rings. The highest BCUT2D eigenvalue weighted by Crippen LogP contribution is 2.13. The van der Waals surface area contributed by atoms with Gasteiger partial charge in [-0.1, -0.05) is 13.0 Å². The van der Waals surface area contributed by atoms with Crippen molar-refractivity contribution in [2.24, 2.45) is 5.92 Å². The normalized spacial score (nSPS) is 15.2. The second-order valence-electron chi connectivity index (χ2n) is 3.10. The van der Waals surface area contributed by atoms with E-state index < -0.39 is 6.10 Å². The quantitative estimate of drug-likeness (QED) is 0.618. The maximum absolute atomic E-state index is 11.0. The van der Waals surface area contributed by atoms with Crippen LogP contribution in [0.15, 0.2) is 12.7 Å². The van der Waals surface area contributed by atoms with Crippen LogP contribution in [0.1, 0.15) is 33.1 Å². The molecule has 0 aromatic rings. The van der Waals surface area contributed by atoms with Crippen LogP contribution in [0.25, 0.3) is 0 Å². The Labute approximate surface area is 74.3 Å². The number of aliphatic hydroxyl groups is 1. The molecule has 0 saturated heterocycles. The van der Waals surface area contributed by atoms with E-state index in [0.29, 0.717) is 6.42 Å². The lowest BCUT2D eigenvalue weighted by Crippen LogP contribution is -2.13. The van der Waals surface area contributed by atoms with Gasteiger partial charge in [-0.25, -0.2) is 0 Å². The fourth-order valence-corrected chi connectivity index (χ4v) is 1.18. The van der Waals surface area contributed by atoms with Gasteiger partial charge in [0.15, 0.2) is 0 Å². The van der Waals surface area contributed by atoms with E-state index in [-0.39, 0.29) is 11.7 Å². The molecule has 0 bridgehead atoms. The standard InChI is InChI=1S/C10H18O2/c1-4-9(8(3)11)6-7-10(12)5-2/h5,9-10,12H,2,4,6-7H2,1,3H3. The van der Waals surface area contributed by atoms with Crippen LogP contribution in [0.2, 0.25) is 0 Å². The minimum absolute atomic E-state index is 0.111. The van der Waals surface area contributed by atoms with E-state index in [1.165, 1.54) is 6.08 Å². The Bertz CT molecular complexity index is 152. The van der Waals surface area contributed by atoms with Crippen molar-refractivity contribution >= 4 is 5.78 Å². The number of carbonyl (C=O) groups excluding carboxylic acids is 1. The summed E-state index contributed by atoms with van der Waals surface area (Å²) >= 11 is 0. The zero-order chi connectivity index (χ0) is 9.56. The van der Waals surface area contributed by atoms with E-state index in [4.69, 9.17) is 5.11 Å². The number of aliphatic hydroxyl groups excluding tert-OH is 1. The summed E-state index contributed by atoms with van der Waals surface area (Å²) in [5.74, 6) is 0.327. The lowest BCUT2D eigenvalue weighted by Gasteiger charge is -2.11. The molecule has 2 unspecified atom stereocenters. The predicted molar refractivity (Wildman–Crippen MR) is 49.9 cm³/mol. The zero-order valence-corrected chi connectivity index (χ0v) is 7.92. The number of Topliss-reactive ketones (excluding diaryl/α,β-unsaturated/α-hetero) is 1. The molecule has 0 heterocycles. The van der Waals surface area contributed by atoms with Crippen LogP contribution in [-0.4, -0.2) is 17.0 Å². The Morgan fingerprint density at radius 2 is 2.17 bits per heavy atom. The first-order chi connectivity index (χ1) is 5.61. The highest BCUT2D eigenvalue weighted by molar-refractivity contribution is 5.78. The number of carbonyl (C=O) groups is 1. The van der Waals surface area contributed by atoms with Crippen molar-refractivity contribution in [1.82, 2.24) is 0 Å². The Kier molecular flexibility index (Phi) is 5.64. The minimum Gasteiger partial charge on any atom is -0.389 e. The van der Waals surface area contributed by atoms with Gasteiger partial charge in [0.25, 0.3) is 0 Å². The molecule has 2 heteroatoms. The number of rotatable bonds is 6. The molecule has 0 saturated carbocycles. The van der Waals surface area contributed by atoms with Gasteiger partial charge in [0, 0.05) is 5.92 Å². The Morgan fingerprint density at radius 3 is 2.50 bits per heavy atom. The summed E-state index contributed by atoms with van der Waals surface area (Å²) in [5.41, 5.74) is 0. The molecule has 1 N–H and O–H groups in total. The van der Waals surface area contributed by atoms with Gasteiger partial charge in [-0.3, -0.25) is 4.79 Å². The molecule has 0 radical (unpaired) electrons. The molecule has 0 rings (SSSR count). The summed E-state index contributed by atoms with van der Waals surface area (Å²) in [6, 6.07) is 0. The minimum atomic E-state index is -0.460. The molecular weight excluding hydrogens is 152 g/mol. The largest absolute Gasteiger partial charge is 0.389 e. The lowest BCUT2D eigenvalue weighted by molar-refractivity contribution is -0.121. The summed E-state index contributed by atoms with van der Waals surface area (Å²) in [7, 11) is 0. The van der Waals surface area contributed by atoms with Crippen molar-refractivity contribution in [3.8, 4) is 0 Å². The van der Waals surface area contributed by atoms with Gasteiger partial charge >= 0.3 is 0 Å². The van der Waals surface area contributed by atoms with Crippen LogP contribution >= 0.6 is 0 Å². The molecular formula is C10H18O2. The Hall–Kier alpha value is -0.630. The second kappa shape index (κ2) is 5.95. The van der Waals surface area contributed by atoms with Gasteiger partial charge in [-0.15, -0.1) is 6.58 Å². The Morgan fingerprint density at radius 1 is 1.58 bits per heavy atom. The fourth-order valence-electron chi connectivity index (χ4n) is 1.18. The summed E-state index contributed by atoms with van der Waals surface area (Å²) in [6.07, 6.45) is 3.31. The zero-order valence-electron chi connectivity index (χ0n) is 7.92. The summed E-state index contributed by atoms with van der Waals surface area (Å²) < 4.78 is 0. The van der Waals surface area contributed by atoms with E-state index in [2.05, 4.69) is 6.58 Å². The van der Waals surface area contributed by atoms with E-state index in [0.717, 1.165) is 12.8 Å². The smallest absolute Gasteiger partial charge is 0.132 e. The van der Waals surface area contributed by atoms with E-state index in [9.17, 15) is 4.79 Å². The number of ketones is 1. The first-order valence-corrected chi connectivity index (χ1v) is 4.42. The first kappa shape index (κ1) is 11.4. The molecule has 2 nitrogen and oxygen atoms in total. The summed E-state index contributed by atoms with van der Waals surface area (Å²) in [5, 5.41) is 9.15. The van der Waals surface area contributed by atoms with Gasteiger partial charge in [-0.2, -0.15) is 0 Å². The first-order valence-electron chi connectivity index (χ1n) is 4.42. The van der Waals surface area contributed by atoms with Crippen molar-refractivity contribution in [3.05, 3.63) is 12.7 Å². The topological polar surface area (TPSA) is 37.3 Å². The lowest BCUT2D eigenvalue weighted by atomic mass is 9.95. The third kappa shape index (κ3) is 4.29.